The summed E-state index contributed by atoms with van der Waals surface area (Å²) in [5.41, 5.74) is 4.83. The van der Waals surface area contributed by atoms with Gasteiger partial charge in [0.15, 0.2) is 34.9 Å². The number of hydrogen-bond acceptors (Lipinski definition) is 12. The molecule has 12 nitrogen and oxygen atoms in total. The van der Waals surface area contributed by atoms with Gasteiger partial charge in [-0.3, -0.25) is 9.97 Å². The van der Waals surface area contributed by atoms with Gasteiger partial charge in [0.25, 0.3) is 0 Å². The van der Waals surface area contributed by atoms with Gasteiger partial charge in [0.1, 0.15) is 0 Å². The van der Waals surface area contributed by atoms with Gasteiger partial charge in [-0.05, 0) is 80.8 Å². The van der Waals surface area contributed by atoms with Crippen molar-refractivity contribution in [3.8, 4) is 68.8 Å². The van der Waals surface area contributed by atoms with E-state index in [9.17, 15) is 0 Å². The molecular formula is C48H26N12. The van der Waals surface area contributed by atoms with Gasteiger partial charge in [-0.15, -0.1) is 0 Å². The Morgan fingerprint density at radius 1 is 0.233 bits per heavy atom. The molecule has 0 bridgehead atoms. The van der Waals surface area contributed by atoms with Gasteiger partial charge in [0.2, 0.25) is 11.6 Å². The van der Waals surface area contributed by atoms with Crippen LogP contribution in [0.25, 0.3) is 123 Å². The normalized spacial score (nSPS) is 11.7. The maximum Gasteiger partial charge on any atom is 0.201 e. The SMILES string of the molecule is c1cnc(-c2nc(-c3ccc4ccc5c(-c6nc(-c7ncccn7)nc(-c7cccc8cccnc78)n6)ccc6ccc3c4c65)nc(-c3cccc4cccnc34)n2)nc1. The molecule has 0 atom stereocenters. The van der Waals surface area contributed by atoms with Gasteiger partial charge in [-0.1, -0.05) is 72.8 Å². The van der Waals surface area contributed by atoms with Crippen LogP contribution in [-0.4, -0.2) is 59.8 Å². The third kappa shape index (κ3) is 5.46. The summed E-state index contributed by atoms with van der Waals surface area (Å²) in [6.07, 6.45) is 10.3. The molecule has 0 aliphatic rings. The molecule has 0 aliphatic carbocycles. The third-order valence-electron chi connectivity index (χ3n) is 10.7. The highest BCUT2D eigenvalue weighted by Crippen LogP contribution is 2.42. The van der Waals surface area contributed by atoms with Crippen LogP contribution < -0.4 is 0 Å². The van der Waals surface area contributed by atoms with Crippen molar-refractivity contribution >= 4 is 54.1 Å². The lowest BCUT2D eigenvalue weighted by Crippen LogP contribution is -2.03. The molecule has 6 aromatic carbocycles. The lowest BCUT2D eigenvalue weighted by atomic mass is 9.89. The number of benzene rings is 6. The van der Waals surface area contributed by atoms with Crippen LogP contribution in [0.15, 0.2) is 159 Å². The number of hydrogen-bond donors (Lipinski definition) is 0. The molecule has 12 aromatic rings. The Morgan fingerprint density at radius 3 is 1.05 bits per heavy atom. The Kier molecular flexibility index (Phi) is 7.53. The molecule has 0 spiro atoms. The van der Waals surface area contributed by atoms with E-state index >= 15 is 0 Å². The van der Waals surface area contributed by atoms with Gasteiger partial charge in [-0.25, -0.2) is 49.8 Å². The van der Waals surface area contributed by atoms with E-state index in [0.717, 1.165) is 76.4 Å². The van der Waals surface area contributed by atoms with E-state index < -0.39 is 0 Å². The van der Waals surface area contributed by atoms with Crippen molar-refractivity contribution in [1.29, 1.82) is 0 Å². The topological polar surface area (TPSA) is 155 Å². The lowest BCUT2D eigenvalue weighted by Gasteiger charge is -2.16. The fourth-order valence-electron chi connectivity index (χ4n) is 8.02. The first kappa shape index (κ1) is 33.5. The molecule has 0 saturated carbocycles. The van der Waals surface area contributed by atoms with Crippen molar-refractivity contribution in [3.63, 3.8) is 0 Å². The summed E-state index contributed by atoms with van der Waals surface area (Å²) in [7, 11) is 0. The van der Waals surface area contributed by atoms with Crippen LogP contribution in [0.1, 0.15) is 0 Å². The molecule has 0 saturated heterocycles. The zero-order valence-corrected chi connectivity index (χ0v) is 31.4. The zero-order chi connectivity index (χ0) is 39.6. The molecule has 0 fully saturated rings. The van der Waals surface area contributed by atoms with Crippen molar-refractivity contribution in [2.24, 2.45) is 0 Å². The molecule has 278 valence electrons. The first-order valence-corrected chi connectivity index (χ1v) is 19.2. The van der Waals surface area contributed by atoms with Crippen molar-refractivity contribution < 1.29 is 0 Å². The molecular weight excluding hydrogens is 745 g/mol. The average Bonchev–Trinajstić information content (AvgIpc) is 3.33. The lowest BCUT2D eigenvalue weighted by molar-refractivity contribution is 1.03. The molecule has 0 unspecified atom stereocenters. The Hall–Kier alpha value is -8.64. The Bertz CT molecular complexity index is 3370. The smallest absolute Gasteiger partial charge is 0.201 e. The van der Waals surface area contributed by atoms with Gasteiger partial charge in [0, 0.05) is 70.2 Å². The molecule has 0 radical (unpaired) electrons. The largest absolute Gasteiger partial charge is 0.255 e. The van der Waals surface area contributed by atoms with Crippen LogP contribution in [0.5, 0.6) is 0 Å². The number of rotatable bonds is 6. The third-order valence-corrected chi connectivity index (χ3v) is 10.7. The number of pyridine rings is 2. The van der Waals surface area contributed by atoms with Crippen LogP contribution in [0.2, 0.25) is 0 Å². The second-order valence-electron chi connectivity index (χ2n) is 14.2. The average molecular weight is 771 g/mol. The second kappa shape index (κ2) is 13.5. The number of fused-ring (bicyclic) bond motifs is 2. The van der Waals surface area contributed by atoms with E-state index in [0.29, 0.717) is 46.6 Å². The summed E-state index contributed by atoms with van der Waals surface area (Å²) in [4.78, 5) is 57.6. The predicted molar refractivity (Wildman–Crippen MR) is 231 cm³/mol. The Balaban J connectivity index is 1.09. The fourth-order valence-corrected chi connectivity index (χ4v) is 8.02. The predicted octanol–water partition coefficient (Wildman–Crippen LogP) is 9.63. The highest BCUT2D eigenvalue weighted by atomic mass is 15.1. The minimum absolute atomic E-state index is 0.363. The summed E-state index contributed by atoms with van der Waals surface area (Å²) in [6, 6.07) is 40.3. The van der Waals surface area contributed by atoms with Crippen molar-refractivity contribution in [3.05, 3.63) is 159 Å². The van der Waals surface area contributed by atoms with E-state index in [1.165, 1.54) is 0 Å². The fraction of sp³-hybridized carbons (Fsp3) is 0. The van der Waals surface area contributed by atoms with Crippen LogP contribution in [-0.2, 0) is 0 Å². The first-order chi connectivity index (χ1) is 29.7. The van der Waals surface area contributed by atoms with Crippen molar-refractivity contribution in [2.45, 2.75) is 0 Å². The molecule has 12 rings (SSSR count). The minimum atomic E-state index is 0.363. The Morgan fingerprint density at radius 2 is 0.600 bits per heavy atom. The van der Waals surface area contributed by atoms with Crippen LogP contribution >= 0.6 is 0 Å². The monoisotopic (exact) mass is 770 g/mol. The summed E-state index contributed by atoms with van der Waals surface area (Å²) >= 11 is 0. The van der Waals surface area contributed by atoms with Gasteiger partial charge in [0.05, 0.1) is 11.0 Å². The van der Waals surface area contributed by atoms with Crippen molar-refractivity contribution in [2.75, 3.05) is 0 Å². The van der Waals surface area contributed by atoms with E-state index in [1.54, 1.807) is 49.3 Å². The molecule has 0 N–H and O–H groups in total. The van der Waals surface area contributed by atoms with Gasteiger partial charge >= 0.3 is 0 Å². The van der Waals surface area contributed by atoms with E-state index in [4.69, 9.17) is 39.9 Å². The summed E-state index contributed by atoms with van der Waals surface area (Å²) in [5, 5.41) is 8.19. The molecule has 0 amide bonds. The number of para-hydroxylation sites is 2. The zero-order valence-electron chi connectivity index (χ0n) is 31.4. The highest BCUT2D eigenvalue weighted by molar-refractivity contribution is 6.27. The maximum absolute atomic E-state index is 5.13. The molecule has 60 heavy (non-hydrogen) atoms. The molecule has 6 aromatic heterocycles. The summed E-state index contributed by atoms with van der Waals surface area (Å²) < 4.78 is 0. The van der Waals surface area contributed by atoms with Crippen LogP contribution in [0, 0.1) is 0 Å². The standard InChI is InChI=1S/C48H26N12/c1-7-29-9-3-21-49-39(29)35(11-1)43-55-41(57-47(59-43)45-51-23-5-24-52-45)33-19-15-27-14-18-32-34(20-16-28-13-17-31(33)37(27)38(28)32)42-56-44(60-48(58-42)46-53-25-6-26-54-46)36-12-2-8-30-10-4-22-50-40(30)36/h1-26H. The second-order valence-corrected chi connectivity index (χ2v) is 14.2. The maximum atomic E-state index is 5.13. The van der Waals surface area contributed by atoms with E-state index in [1.807, 2.05) is 60.7 Å². The number of aromatic nitrogens is 12. The summed E-state index contributed by atoms with van der Waals surface area (Å²) in [5.74, 6) is 3.46. The van der Waals surface area contributed by atoms with Gasteiger partial charge < -0.3 is 0 Å². The summed E-state index contributed by atoms with van der Waals surface area (Å²) in [6.45, 7) is 0. The number of nitrogens with zero attached hydrogens (tertiary/aromatic N) is 12. The Labute approximate surface area is 340 Å². The van der Waals surface area contributed by atoms with Gasteiger partial charge in [-0.2, -0.15) is 0 Å². The first-order valence-electron chi connectivity index (χ1n) is 19.2. The van der Waals surface area contributed by atoms with Crippen LogP contribution in [0.4, 0.5) is 0 Å². The van der Waals surface area contributed by atoms with E-state index in [2.05, 4.69) is 68.5 Å². The quantitative estimate of drug-likeness (QED) is 0.148. The molecule has 0 aliphatic heterocycles. The van der Waals surface area contributed by atoms with Crippen molar-refractivity contribution in [1.82, 2.24) is 59.8 Å². The molecule has 6 heterocycles. The van der Waals surface area contributed by atoms with E-state index in [-0.39, 0.29) is 0 Å². The van der Waals surface area contributed by atoms with Crippen LogP contribution in [0.3, 0.4) is 0 Å². The highest BCUT2D eigenvalue weighted by Gasteiger charge is 2.22. The molecule has 12 heteroatoms. The minimum Gasteiger partial charge on any atom is -0.255 e.